The largest absolute Gasteiger partial charge is 0.385 e. The molecule has 1 aromatic carbocycles. The van der Waals surface area contributed by atoms with Crippen LogP contribution in [0, 0.1) is 5.92 Å². The van der Waals surface area contributed by atoms with Crippen molar-refractivity contribution in [1.82, 2.24) is 5.32 Å². The first-order valence-corrected chi connectivity index (χ1v) is 6.92. The first-order chi connectivity index (χ1) is 8.74. The molecule has 0 radical (unpaired) electrons. The second-order valence-electron chi connectivity index (χ2n) is 5.50. The van der Waals surface area contributed by atoms with E-state index in [4.69, 9.17) is 0 Å². The lowest BCUT2D eigenvalue weighted by Gasteiger charge is -2.19. The standard InChI is InChI=1S/C15H20N2O/c1-10(11-4-5-11)17-15(18)13-6-7-14-12(9-13)3-2-8-16-14/h6-7,9-11,16H,2-5,8H2,1H3,(H,17,18). The van der Waals surface area contributed by atoms with Crippen LogP contribution in [-0.4, -0.2) is 18.5 Å². The summed E-state index contributed by atoms with van der Waals surface area (Å²) in [6.45, 7) is 3.15. The minimum Gasteiger partial charge on any atom is -0.385 e. The summed E-state index contributed by atoms with van der Waals surface area (Å²) in [6.07, 6.45) is 4.74. The van der Waals surface area contributed by atoms with Crippen molar-refractivity contribution in [2.45, 2.75) is 38.6 Å². The molecular weight excluding hydrogens is 224 g/mol. The molecule has 2 aliphatic rings. The molecule has 0 spiro atoms. The van der Waals surface area contributed by atoms with Gasteiger partial charge in [-0.3, -0.25) is 4.79 Å². The first kappa shape index (κ1) is 11.6. The zero-order valence-corrected chi connectivity index (χ0v) is 10.8. The van der Waals surface area contributed by atoms with Crippen molar-refractivity contribution >= 4 is 11.6 Å². The summed E-state index contributed by atoms with van der Waals surface area (Å²) in [5.41, 5.74) is 3.26. The fraction of sp³-hybridized carbons (Fsp3) is 0.533. The lowest BCUT2D eigenvalue weighted by atomic mass is 10.0. The Morgan fingerprint density at radius 2 is 2.28 bits per heavy atom. The fourth-order valence-electron chi connectivity index (χ4n) is 2.62. The topological polar surface area (TPSA) is 41.1 Å². The Bertz CT molecular complexity index is 466. The van der Waals surface area contributed by atoms with Crippen LogP contribution < -0.4 is 10.6 Å². The maximum Gasteiger partial charge on any atom is 0.251 e. The van der Waals surface area contributed by atoms with Crippen molar-refractivity contribution < 1.29 is 4.79 Å². The number of hydrogen-bond donors (Lipinski definition) is 2. The zero-order chi connectivity index (χ0) is 12.5. The Morgan fingerprint density at radius 1 is 1.44 bits per heavy atom. The SMILES string of the molecule is CC(NC(=O)c1ccc2c(c1)CCCN2)C1CC1. The molecule has 2 N–H and O–H groups in total. The van der Waals surface area contributed by atoms with Gasteiger partial charge in [0.2, 0.25) is 0 Å². The number of fused-ring (bicyclic) bond motifs is 1. The summed E-state index contributed by atoms with van der Waals surface area (Å²) in [4.78, 5) is 12.1. The number of carbonyl (C=O) groups excluding carboxylic acids is 1. The lowest BCUT2D eigenvalue weighted by Crippen LogP contribution is -2.34. The zero-order valence-electron chi connectivity index (χ0n) is 10.8. The molecule has 0 saturated heterocycles. The second kappa shape index (κ2) is 4.63. The van der Waals surface area contributed by atoms with Gasteiger partial charge < -0.3 is 10.6 Å². The molecule has 1 aromatic rings. The van der Waals surface area contributed by atoms with Gasteiger partial charge in [-0.05, 0) is 62.3 Å². The van der Waals surface area contributed by atoms with Gasteiger partial charge in [0.05, 0.1) is 0 Å². The normalized spacial score (nSPS) is 19.6. The van der Waals surface area contributed by atoms with E-state index in [-0.39, 0.29) is 5.91 Å². The highest BCUT2D eigenvalue weighted by atomic mass is 16.1. The average Bonchev–Trinajstić information content (AvgIpc) is 3.22. The van der Waals surface area contributed by atoms with Crippen LogP contribution in [0.3, 0.4) is 0 Å². The molecule has 1 atom stereocenters. The fourth-order valence-corrected chi connectivity index (χ4v) is 2.62. The van der Waals surface area contributed by atoms with Crippen molar-refractivity contribution in [3.05, 3.63) is 29.3 Å². The summed E-state index contributed by atoms with van der Waals surface area (Å²) in [6, 6.07) is 6.31. The van der Waals surface area contributed by atoms with Crippen LogP contribution >= 0.6 is 0 Å². The Kier molecular flexibility index (Phi) is 2.98. The molecule has 1 aliphatic carbocycles. The maximum absolute atomic E-state index is 12.1. The molecular formula is C15H20N2O. The Balaban J connectivity index is 1.72. The molecule has 1 fully saturated rings. The highest BCUT2D eigenvalue weighted by molar-refractivity contribution is 5.95. The monoisotopic (exact) mass is 244 g/mol. The molecule has 3 heteroatoms. The van der Waals surface area contributed by atoms with Gasteiger partial charge in [0.15, 0.2) is 0 Å². The number of anilines is 1. The van der Waals surface area contributed by atoms with E-state index >= 15 is 0 Å². The average molecular weight is 244 g/mol. The van der Waals surface area contributed by atoms with Crippen LogP contribution in [0.15, 0.2) is 18.2 Å². The summed E-state index contributed by atoms with van der Waals surface area (Å²) in [5, 5.41) is 6.47. The Hall–Kier alpha value is -1.51. The van der Waals surface area contributed by atoms with Gasteiger partial charge in [-0.1, -0.05) is 0 Å². The van der Waals surface area contributed by atoms with Crippen LogP contribution in [0.25, 0.3) is 0 Å². The number of carbonyl (C=O) groups is 1. The van der Waals surface area contributed by atoms with E-state index in [0.29, 0.717) is 12.0 Å². The highest BCUT2D eigenvalue weighted by Gasteiger charge is 2.29. The van der Waals surface area contributed by atoms with Gasteiger partial charge >= 0.3 is 0 Å². The Morgan fingerprint density at radius 3 is 3.06 bits per heavy atom. The molecule has 3 nitrogen and oxygen atoms in total. The van der Waals surface area contributed by atoms with E-state index in [1.807, 2.05) is 18.2 Å². The summed E-state index contributed by atoms with van der Waals surface area (Å²) >= 11 is 0. The molecule has 0 aromatic heterocycles. The molecule has 96 valence electrons. The van der Waals surface area contributed by atoms with E-state index in [1.165, 1.54) is 24.1 Å². The smallest absolute Gasteiger partial charge is 0.251 e. The predicted octanol–water partition coefficient (Wildman–Crippen LogP) is 2.57. The Labute approximate surface area is 108 Å². The molecule has 1 heterocycles. The summed E-state index contributed by atoms with van der Waals surface area (Å²) < 4.78 is 0. The van der Waals surface area contributed by atoms with Gasteiger partial charge in [-0.25, -0.2) is 0 Å². The van der Waals surface area contributed by atoms with Crippen LogP contribution in [0.1, 0.15) is 42.1 Å². The van der Waals surface area contributed by atoms with E-state index in [1.54, 1.807) is 0 Å². The van der Waals surface area contributed by atoms with Crippen molar-refractivity contribution in [2.75, 3.05) is 11.9 Å². The molecule has 1 aliphatic heterocycles. The quantitative estimate of drug-likeness (QED) is 0.858. The number of aryl methyl sites for hydroxylation is 1. The number of nitrogens with one attached hydrogen (secondary N) is 2. The number of rotatable bonds is 3. The van der Waals surface area contributed by atoms with Crippen LogP contribution in [0.5, 0.6) is 0 Å². The van der Waals surface area contributed by atoms with Crippen molar-refractivity contribution in [3.8, 4) is 0 Å². The van der Waals surface area contributed by atoms with E-state index in [2.05, 4.69) is 17.6 Å². The second-order valence-corrected chi connectivity index (χ2v) is 5.50. The van der Waals surface area contributed by atoms with Gasteiger partial charge in [-0.15, -0.1) is 0 Å². The van der Waals surface area contributed by atoms with Crippen LogP contribution in [0.4, 0.5) is 5.69 Å². The highest BCUT2D eigenvalue weighted by Crippen LogP contribution is 2.32. The van der Waals surface area contributed by atoms with Crippen molar-refractivity contribution in [3.63, 3.8) is 0 Å². The molecule has 18 heavy (non-hydrogen) atoms. The third-order valence-electron chi connectivity index (χ3n) is 3.99. The minimum absolute atomic E-state index is 0.0720. The van der Waals surface area contributed by atoms with E-state index in [9.17, 15) is 4.79 Å². The number of amides is 1. The number of benzene rings is 1. The van der Waals surface area contributed by atoms with Gasteiger partial charge in [0.25, 0.3) is 5.91 Å². The summed E-state index contributed by atoms with van der Waals surface area (Å²) in [5.74, 6) is 0.774. The summed E-state index contributed by atoms with van der Waals surface area (Å²) in [7, 11) is 0. The third-order valence-corrected chi connectivity index (χ3v) is 3.99. The van der Waals surface area contributed by atoms with Gasteiger partial charge in [0, 0.05) is 23.8 Å². The predicted molar refractivity (Wildman–Crippen MR) is 72.9 cm³/mol. The maximum atomic E-state index is 12.1. The van der Waals surface area contributed by atoms with Crippen LogP contribution in [0.2, 0.25) is 0 Å². The third kappa shape index (κ3) is 2.35. The molecule has 3 rings (SSSR count). The molecule has 1 amide bonds. The van der Waals surface area contributed by atoms with Gasteiger partial charge in [0.1, 0.15) is 0 Å². The van der Waals surface area contributed by atoms with Crippen molar-refractivity contribution in [2.24, 2.45) is 5.92 Å². The van der Waals surface area contributed by atoms with Gasteiger partial charge in [-0.2, -0.15) is 0 Å². The molecule has 1 unspecified atom stereocenters. The minimum atomic E-state index is 0.0720. The molecule has 1 saturated carbocycles. The first-order valence-electron chi connectivity index (χ1n) is 6.92. The molecule has 0 bridgehead atoms. The lowest BCUT2D eigenvalue weighted by molar-refractivity contribution is 0.0936. The van der Waals surface area contributed by atoms with E-state index in [0.717, 1.165) is 24.9 Å². The van der Waals surface area contributed by atoms with Crippen molar-refractivity contribution in [1.29, 1.82) is 0 Å². The van der Waals surface area contributed by atoms with Crippen LogP contribution in [-0.2, 0) is 6.42 Å². The van der Waals surface area contributed by atoms with E-state index < -0.39 is 0 Å². The number of hydrogen-bond acceptors (Lipinski definition) is 2.